The summed E-state index contributed by atoms with van der Waals surface area (Å²) in [5.74, 6) is -0.200. The molecule has 1 aromatic carbocycles. The molecular formula is C20H17ClN4OS. The number of hydrogen-bond donors (Lipinski definition) is 1. The molecule has 136 valence electrons. The lowest BCUT2D eigenvalue weighted by Gasteiger charge is -2.11. The van der Waals surface area contributed by atoms with Crippen molar-refractivity contribution in [2.24, 2.45) is 0 Å². The number of aromatic nitrogens is 3. The summed E-state index contributed by atoms with van der Waals surface area (Å²) in [6, 6.07) is 9.72. The number of hydrogen-bond acceptors (Lipinski definition) is 4. The van der Waals surface area contributed by atoms with Crippen LogP contribution in [0.2, 0.25) is 5.02 Å². The van der Waals surface area contributed by atoms with Gasteiger partial charge in [-0.15, -0.1) is 11.3 Å². The molecule has 5 nitrogen and oxygen atoms in total. The number of nitrogens with one attached hydrogen (secondary N) is 1. The number of thiophene rings is 1. The van der Waals surface area contributed by atoms with Crippen LogP contribution in [0.5, 0.6) is 0 Å². The summed E-state index contributed by atoms with van der Waals surface area (Å²) >= 11 is 7.88. The van der Waals surface area contributed by atoms with Crippen molar-refractivity contribution in [3.05, 3.63) is 75.5 Å². The molecule has 27 heavy (non-hydrogen) atoms. The van der Waals surface area contributed by atoms with Gasteiger partial charge < -0.3 is 5.32 Å². The summed E-state index contributed by atoms with van der Waals surface area (Å²) in [6.07, 6.45) is 3.40. The highest BCUT2D eigenvalue weighted by Gasteiger charge is 2.17. The second-order valence-corrected chi connectivity index (χ2v) is 7.60. The van der Waals surface area contributed by atoms with Gasteiger partial charge in [-0.25, -0.2) is 9.50 Å². The summed E-state index contributed by atoms with van der Waals surface area (Å²) < 4.78 is 1.71. The second-order valence-electron chi connectivity index (χ2n) is 6.25. The molecule has 0 saturated carbocycles. The smallest absolute Gasteiger partial charge is 0.254 e. The number of aryl methyl sites for hydroxylation is 2. The lowest BCUT2D eigenvalue weighted by atomic mass is 10.1. The summed E-state index contributed by atoms with van der Waals surface area (Å²) in [7, 11) is 0. The van der Waals surface area contributed by atoms with Crippen molar-refractivity contribution in [1.29, 1.82) is 0 Å². The molecule has 0 unspecified atom stereocenters. The molecule has 0 radical (unpaired) electrons. The van der Waals surface area contributed by atoms with Crippen molar-refractivity contribution >= 4 is 34.5 Å². The maximum absolute atomic E-state index is 12.7. The van der Waals surface area contributed by atoms with Gasteiger partial charge in [0.1, 0.15) is 0 Å². The first-order valence-corrected chi connectivity index (χ1v) is 9.71. The lowest BCUT2D eigenvalue weighted by Crippen LogP contribution is -2.25. The predicted octanol–water partition coefficient (Wildman–Crippen LogP) is 4.66. The zero-order valence-electron chi connectivity index (χ0n) is 14.9. The minimum atomic E-state index is -0.200. The zero-order valence-corrected chi connectivity index (χ0v) is 16.4. The van der Waals surface area contributed by atoms with Gasteiger partial charge >= 0.3 is 0 Å². The van der Waals surface area contributed by atoms with Crippen LogP contribution in [0.1, 0.15) is 27.2 Å². The van der Waals surface area contributed by atoms with Gasteiger partial charge in [-0.05, 0) is 42.5 Å². The molecule has 0 spiro atoms. The van der Waals surface area contributed by atoms with Crippen molar-refractivity contribution in [3.63, 3.8) is 0 Å². The zero-order chi connectivity index (χ0) is 19.0. The van der Waals surface area contributed by atoms with Crippen LogP contribution in [0.15, 0.2) is 48.1 Å². The Hall–Kier alpha value is -2.70. The van der Waals surface area contributed by atoms with Crippen LogP contribution in [0.25, 0.3) is 16.1 Å². The van der Waals surface area contributed by atoms with E-state index in [-0.39, 0.29) is 5.91 Å². The highest BCUT2D eigenvalue weighted by atomic mass is 35.5. The van der Waals surface area contributed by atoms with Crippen LogP contribution < -0.4 is 5.32 Å². The first-order valence-electron chi connectivity index (χ1n) is 8.45. The largest absolute Gasteiger partial charge is 0.348 e. The Kier molecular flexibility index (Phi) is 4.68. The SMILES string of the molecule is Cc1cccc(Cl)c1CNC(=O)c1cnc2c(-c3cccs3)cnn2c1C. The molecule has 0 aliphatic heterocycles. The van der Waals surface area contributed by atoms with E-state index < -0.39 is 0 Å². The topological polar surface area (TPSA) is 59.3 Å². The molecule has 3 heterocycles. The standard InChI is InChI=1S/C20H17ClN4OS/c1-12-5-3-6-17(21)14(12)9-23-20(26)15-10-22-19-16(18-7-4-8-27-18)11-24-25(19)13(15)2/h3-8,10-11H,9H2,1-2H3,(H,23,26). The fourth-order valence-electron chi connectivity index (χ4n) is 3.03. The van der Waals surface area contributed by atoms with Crippen molar-refractivity contribution in [2.75, 3.05) is 0 Å². The molecule has 0 atom stereocenters. The Morgan fingerprint density at radius 2 is 2.07 bits per heavy atom. The molecule has 0 aliphatic rings. The number of rotatable bonds is 4. The minimum absolute atomic E-state index is 0.200. The van der Waals surface area contributed by atoms with Crippen LogP contribution >= 0.6 is 22.9 Å². The Bertz CT molecular complexity index is 1110. The maximum Gasteiger partial charge on any atom is 0.254 e. The third-order valence-corrected chi connectivity index (χ3v) is 5.83. The first kappa shape index (κ1) is 17.7. The number of carbonyl (C=O) groups excluding carboxylic acids is 1. The molecule has 1 N–H and O–H groups in total. The molecule has 0 fully saturated rings. The van der Waals surface area contributed by atoms with E-state index in [1.54, 1.807) is 28.2 Å². The molecule has 7 heteroatoms. The van der Waals surface area contributed by atoms with E-state index in [0.717, 1.165) is 32.9 Å². The summed E-state index contributed by atoms with van der Waals surface area (Å²) in [6.45, 7) is 4.21. The van der Waals surface area contributed by atoms with Gasteiger partial charge in [-0.1, -0.05) is 29.8 Å². The van der Waals surface area contributed by atoms with Crippen molar-refractivity contribution in [3.8, 4) is 10.4 Å². The molecule has 1 amide bonds. The van der Waals surface area contributed by atoms with Crippen molar-refractivity contribution in [1.82, 2.24) is 19.9 Å². The van der Waals surface area contributed by atoms with Crippen LogP contribution in [0, 0.1) is 13.8 Å². The Balaban J connectivity index is 1.62. The van der Waals surface area contributed by atoms with Gasteiger partial charge in [0.2, 0.25) is 0 Å². The highest BCUT2D eigenvalue weighted by molar-refractivity contribution is 7.13. The number of fused-ring (bicyclic) bond motifs is 1. The van der Waals surface area contributed by atoms with E-state index in [0.29, 0.717) is 17.1 Å². The molecule has 0 aliphatic carbocycles. The Morgan fingerprint density at radius 3 is 2.81 bits per heavy atom. The molecule has 0 bridgehead atoms. The average molecular weight is 397 g/mol. The number of amides is 1. The van der Waals surface area contributed by atoms with E-state index in [9.17, 15) is 4.79 Å². The van der Waals surface area contributed by atoms with Gasteiger partial charge in [0.15, 0.2) is 5.65 Å². The quantitative estimate of drug-likeness (QED) is 0.545. The van der Waals surface area contributed by atoms with Crippen molar-refractivity contribution < 1.29 is 4.79 Å². The van der Waals surface area contributed by atoms with E-state index in [1.165, 1.54) is 0 Å². The highest BCUT2D eigenvalue weighted by Crippen LogP contribution is 2.28. The molecule has 0 saturated heterocycles. The maximum atomic E-state index is 12.7. The van der Waals surface area contributed by atoms with E-state index in [1.807, 2.05) is 49.6 Å². The summed E-state index contributed by atoms with van der Waals surface area (Å²) in [5.41, 5.74) is 4.91. The van der Waals surface area contributed by atoms with Crippen molar-refractivity contribution in [2.45, 2.75) is 20.4 Å². The second kappa shape index (κ2) is 7.13. The van der Waals surface area contributed by atoms with Crippen LogP contribution in [-0.4, -0.2) is 20.5 Å². The summed E-state index contributed by atoms with van der Waals surface area (Å²) in [5, 5.41) is 10.0. The third-order valence-electron chi connectivity index (χ3n) is 4.58. The number of carbonyl (C=O) groups is 1. The molecule has 4 aromatic rings. The Labute approximate surface area is 165 Å². The average Bonchev–Trinajstić information content (AvgIpc) is 3.31. The van der Waals surface area contributed by atoms with E-state index >= 15 is 0 Å². The fourth-order valence-corrected chi connectivity index (χ4v) is 4.05. The third kappa shape index (κ3) is 3.22. The Morgan fingerprint density at radius 1 is 1.22 bits per heavy atom. The van der Waals surface area contributed by atoms with Gasteiger partial charge in [0.25, 0.3) is 5.91 Å². The molecule has 4 rings (SSSR count). The van der Waals surface area contributed by atoms with E-state index in [2.05, 4.69) is 15.4 Å². The summed E-state index contributed by atoms with van der Waals surface area (Å²) in [4.78, 5) is 18.3. The van der Waals surface area contributed by atoms with Gasteiger partial charge in [-0.2, -0.15) is 5.10 Å². The van der Waals surface area contributed by atoms with Crippen LogP contribution in [-0.2, 0) is 6.54 Å². The lowest BCUT2D eigenvalue weighted by molar-refractivity contribution is 0.0949. The predicted molar refractivity (Wildman–Crippen MR) is 108 cm³/mol. The number of nitrogens with zero attached hydrogens (tertiary/aromatic N) is 3. The molecule has 3 aromatic heterocycles. The van der Waals surface area contributed by atoms with Crippen LogP contribution in [0.4, 0.5) is 0 Å². The van der Waals surface area contributed by atoms with Gasteiger partial charge in [0, 0.05) is 22.6 Å². The molecular weight excluding hydrogens is 380 g/mol. The van der Waals surface area contributed by atoms with E-state index in [4.69, 9.17) is 11.6 Å². The minimum Gasteiger partial charge on any atom is -0.348 e. The van der Waals surface area contributed by atoms with Crippen LogP contribution in [0.3, 0.4) is 0 Å². The first-order chi connectivity index (χ1) is 13.1. The van der Waals surface area contributed by atoms with Gasteiger partial charge in [-0.3, -0.25) is 4.79 Å². The normalized spacial score (nSPS) is 11.1. The number of halogens is 1. The monoisotopic (exact) mass is 396 g/mol. The van der Waals surface area contributed by atoms with Gasteiger partial charge in [0.05, 0.1) is 23.0 Å². The fraction of sp³-hybridized carbons (Fsp3) is 0.150. The number of benzene rings is 1.